The molecule has 3 nitrogen and oxygen atoms in total. The summed E-state index contributed by atoms with van der Waals surface area (Å²) >= 11 is 0. The van der Waals surface area contributed by atoms with Gasteiger partial charge in [-0.3, -0.25) is 4.90 Å². The smallest absolute Gasteiger partial charge is 0.161 e. The minimum Gasteiger partial charge on any atom is -0.504 e. The summed E-state index contributed by atoms with van der Waals surface area (Å²) in [7, 11) is 2.05. The van der Waals surface area contributed by atoms with Crippen LogP contribution in [0.5, 0.6) is 11.5 Å². The van der Waals surface area contributed by atoms with Crippen molar-refractivity contribution in [2.45, 2.75) is 33.9 Å². The molecular weight excluding hydrogens is 370 g/mol. The molecule has 0 aliphatic carbocycles. The molecular formula is C24H30ClNO2. The fourth-order valence-corrected chi connectivity index (χ4v) is 2.43. The van der Waals surface area contributed by atoms with Crippen LogP contribution in [-0.2, 0) is 13.2 Å². The van der Waals surface area contributed by atoms with Crippen LogP contribution in [0, 0.1) is 17.3 Å². The topological polar surface area (TPSA) is 32.7 Å². The van der Waals surface area contributed by atoms with Gasteiger partial charge in [0.1, 0.15) is 6.61 Å². The van der Waals surface area contributed by atoms with Crippen molar-refractivity contribution in [2.24, 2.45) is 5.41 Å². The van der Waals surface area contributed by atoms with Crippen molar-refractivity contribution >= 4 is 12.4 Å². The van der Waals surface area contributed by atoms with Crippen molar-refractivity contribution < 1.29 is 9.84 Å². The van der Waals surface area contributed by atoms with Gasteiger partial charge < -0.3 is 9.84 Å². The van der Waals surface area contributed by atoms with Crippen molar-refractivity contribution in [1.82, 2.24) is 4.90 Å². The van der Waals surface area contributed by atoms with Gasteiger partial charge in [0.2, 0.25) is 0 Å². The number of phenols is 1. The first-order valence-corrected chi connectivity index (χ1v) is 9.18. The molecule has 0 atom stereocenters. The summed E-state index contributed by atoms with van der Waals surface area (Å²) in [6.07, 6.45) is 3.97. The van der Waals surface area contributed by atoms with Crippen molar-refractivity contribution in [2.75, 3.05) is 13.6 Å². The van der Waals surface area contributed by atoms with Crippen LogP contribution < -0.4 is 4.74 Å². The molecule has 0 heterocycles. The highest BCUT2D eigenvalue weighted by molar-refractivity contribution is 5.85. The van der Waals surface area contributed by atoms with Crippen molar-refractivity contribution in [1.29, 1.82) is 0 Å². The largest absolute Gasteiger partial charge is 0.504 e. The first-order chi connectivity index (χ1) is 12.8. The second-order valence-corrected chi connectivity index (χ2v) is 7.69. The van der Waals surface area contributed by atoms with E-state index in [1.54, 1.807) is 6.07 Å². The molecule has 2 rings (SSSR count). The van der Waals surface area contributed by atoms with Crippen LogP contribution in [0.15, 0.2) is 60.7 Å². The maximum atomic E-state index is 10.0. The highest BCUT2D eigenvalue weighted by Gasteiger charge is 2.06. The van der Waals surface area contributed by atoms with Gasteiger partial charge >= 0.3 is 0 Å². The van der Waals surface area contributed by atoms with Gasteiger partial charge in [-0.2, -0.15) is 0 Å². The summed E-state index contributed by atoms with van der Waals surface area (Å²) < 4.78 is 5.79. The number of hydrogen-bond acceptors (Lipinski definition) is 3. The summed E-state index contributed by atoms with van der Waals surface area (Å²) in [4.78, 5) is 2.18. The van der Waals surface area contributed by atoms with Crippen molar-refractivity contribution in [3.8, 4) is 23.3 Å². The summed E-state index contributed by atoms with van der Waals surface area (Å²) in [6, 6.07) is 15.4. The first-order valence-electron chi connectivity index (χ1n) is 9.18. The maximum absolute atomic E-state index is 10.0. The molecule has 0 aliphatic heterocycles. The van der Waals surface area contributed by atoms with Gasteiger partial charge in [-0.25, -0.2) is 0 Å². The minimum absolute atomic E-state index is 0. The van der Waals surface area contributed by atoms with E-state index in [0.717, 1.165) is 24.2 Å². The Morgan fingerprint density at radius 2 is 1.79 bits per heavy atom. The molecule has 0 bridgehead atoms. The Morgan fingerprint density at radius 1 is 1.07 bits per heavy atom. The highest BCUT2D eigenvalue weighted by Crippen LogP contribution is 2.28. The Bertz CT molecular complexity index is 814. The third-order valence-corrected chi connectivity index (χ3v) is 3.78. The third-order valence-electron chi connectivity index (χ3n) is 3.78. The van der Waals surface area contributed by atoms with Crippen LogP contribution in [0.1, 0.15) is 31.9 Å². The molecule has 0 amide bonds. The number of hydrogen-bond donors (Lipinski definition) is 1. The molecule has 0 aromatic heterocycles. The van der Waals surface area contributed by atoms with Crippen LogP contribution in [0.3, 0.4) is 0 Å². The third kappa shape index (κ3) is 8.99. The van der Waals surface area contributed by atoms with E-state index in [2.05, 4.69) is 50.6 Å². The summed E-state index contributed by atoms with van der Waals surface area (Å²) in [5.41, 5.74) is 2.19. The molecule has 0 unspecified atom stereocenters. The molecule has 0 aliphatic rings. The zero-order valence-electron chi connectivity index (χ0n) is 17.1. The van der Waals surface area contributed by atoms with E-state index in [1.165, 1.54) is 0 Å². The van der Waals surface area contributed by atoms with E-state index in [9.17, 15) is 5.11 Å². The number of halogens is 1. The van der Waals surface area contributed by atoms with Crippen molar-refractivity contribution in [3.63, 3.8) is 0 Å². The summed E-state index contributed by atoms with van der Waals surface area (Å²) in [5.74, 6) is 6.94. The fourth-order valence-electron chi connectivity index (χ4n) is 2.43. The predicted molar refractivity (Wildman–Crippen MR) is 119 cm³/mol. The number of benzene rings is 2. The molecule has 2 aromatic rings. The van der Waals surface area contributed by atoms with Gasteiger partial charge in [0.15, 0.2) is 11.5 Å². The maximum Gasteiger partial charge on any atom is 0.161 e. The zero-order valence-corrected chi connectivity index (χ0v) is 17.9. The highest BCUT2D eigenvalue weighted by atomic mass is 35.5. The van der Waals surface area contributed by atoms with Crippen LogP contribution in [0.25, 0.3) is 0 Å². The number of ether oxygens (including phenoxy) is 1. The molecule has 4 heteroatoms. The number of aromatic hydroxyl groups is 1. The fraction of sp³-hybridized carbons (Fsp3) is 0.333. The van der Waals surface area contributed by atoms with Gasteiger partial charge in [-0.1, -0.05) is 54.3 Å². The normalized spacial score (nSPS) is 11.0. The molecule has 0 saturated heterocycles. The molecule has 0 fully saturated rings. The standard InChI is InChI=1S/C24H29NO2.ClH/c1-24(2,3)15-9-6-10-16-25(4)18-21-13-14-22(26)23(17-21)27-19-20-11-7-5-8-12-20;/h5-8,10-14,17,26H,16,18-19H2,1-4H3;1H/b10-6+;. The monoisotopic (exact) mass is 399 g/mol. The van der Waals surface area contributed by atoms with E-state index in [4.69, 9.17) is 4.74 Å². The lowest BCUT2D eigenvalue weighted by molar-refractivity contribution is 0.287. The quantitative estimate of drug-likeness (QED) is 0.630. The molecule has 1 N–H and O–H groups in total. The molecule has 0 spiro atoms. The first kappa shape index (κ1) is 23.6. The second kappa shape index (κ2) is 11.4. The van der Waals surface area contributed by atoms with Gasteiger partial charge in [0, 0.05) is 18.5 Å². The second-order valence-electron chi connectivity index (χ2n) is 7.69. The molecule has 28 heavy (non-hydrogen) atoms. The van der Waals surface area contributed by atoms with Crippen LogP contribution in [0.4, 0.5) is 0 Å². The Balaban J connectivity index is 0.00000392. The molecule has 0 saturated carbocycles. The lowest BCUT2D eigenvalue weighted by atomic mass is 9.98. The lowest BCUT2D eigenvalue weighted by Crippen LogP contribution is -2.17. The Labute approximate surface area is 175 Å². The number of phenolic OH excluding ortho intramolecular Hbond substituents is 1. The number of allylic oxidation sites excluding steroid dienone is 1. The SMILES string of the molecule is CN(C/C=C/C#CC(C)(C)C)Cc1ccc(O)c(OCc2ccccc2)c1.Cl. The van der Waals surface area contributed by atoms with Crippen LogP contribution in [0.2, 0.25) is 0 Å². The average molecular weight is 400 g/mol. The van der Waals surface area contributed by atoms with Crippen molar-refractivity contribution in [3.05, 3.63) is 71.8 Å². The number of nitrogens with zero attached hydrogens (tertiary/aromatic N) is 1. The Morgan fingerprint density at radius 3 is 2.46 bits per heavy atom. The van der Waals surface area contributed by atoms with E-state index < -0.39 is 0 Å². The van der Waals surface area contributed by atoms with Crippen LogP contribution >= 0.6 is 12.4 Å². The van der Waals surface area contributed by atoms with E-state index in [-0.39, 0.29) is 23.6 Å². The van der Waals surface area contributed by atoms with E-state index >= 15 is 0 Å². The number of likely N-dealkylation sites (N-methyl/N-ethyl adjacent to an activating group) is 1. The predicted octanol–water partition coefficient (Wildman–Crippen LogP) is 5.43. The summed E-state index contributed by atoms with van der Waals surface area (Å²) in [6.45, 7) is 8.30. The number of rotatable bonds is 7. The Kier molecular flexibility index (Phi) is 9.65. The van der Waals surface area contributed by atoms with Crippen LogP contribution in [-0.4, -0.2) is 23.6 Å². The molecule has 150 valence electrons. The Hall–Kier alpha value is -2.41. The van der Waals surface area contributed by atoms with Gasteiger partial charge in [0.25, 0.3) is 0 Å². The van der Waals surface area contributed by atoms with Gasteiger partial charge in [-0.15, -0.1) is 12.4 Å². The van der Waals surface area contributed by atoms with E-state index in [1.807, 2.05) is 48.5 Å². The lowest BCUT2D eigenvalue weighted by Gasteiger charge is -2.16. The average Bonchev–Trinajstić information content (AvgIpc) is 2.62. The van der Waals surface area contributed by atoms with Gasteiger partial charge in [0.05, 0.1) is 0 Å². The minimum atomic E-state index is 0. The molecule has 2 aromatic carbocycles. The zero-order chi connectivity index (χ0) is 19.7. The molecule has 0 radical (unpaired) electrons. The summed E-state index contributed by atoms with van der Waals surface area (Å²) in [5, 5.41) is 10.0. The van der Waals surface area contributed by atoms with Gasteiger partial charge in [-0.05, 0) is 57.2 Å². The van der Waals surface area contributed by atoms with E-state index in [0.29, 0.717) is 12.4 Å².